The van der Waals surface area contributed by atoms with Gasteiger partial charge in [-0.15, -0.1) is 24.0 Å². The highest BCUT2D eigenvalue weighted by Crippen LogP contribution is 2.14. The van der Waals surface area contributed by atoms with Gasteiger partial charge >= 0.3 is 0 Å². The van der Waals surface area contributed by atoms with Crippen molar-refractivity contribution in [3.8, 4) is 0 Å². The van der Waals surface area contributed by atoms with Crippen molar-refractivity contribution in [2.45, 2.75) is 19.8 Å². The maximum atomic E-state index is 4.87. The van der Waals surface area contributed by atoms with Gasteiger partial charge in [-0.3, -0.25) is 4.99 Å². The first-order valence-corrected chi connectivity index (χ1v) is 10.5. The summed E-state index contributed by atoms with van der Waals surface area (Å²) in [5.74, 6) is 1.83. The third-order valence-electron chi connectivity index (χ3n) is 5.09. The molecule has 1 aliphatic rings. The summed E-state index contributed by atoms with van der Waals surface area (Å²) in [6.07, 6.45) is 5.70. The molecule has 3 rings (SSSR count). The molecule has 0 unspecified atom stereocenters. The number of aryl methyl sites for hydroxylation is 1. The Hall–Kier alpha value is -2.10. The lowest BCUT2D eigenvalue weighted by molar-refractivity contribution is 0.370. The monoisotopic (exact) mass is 523 g/mol. The van der Waals surface area contributed by atoms with Crippen LogP contribution in [-0.2, 0) is 6.42 Å². The highest BCUT2D eigenvalue weighted by Gasteiger charge is 2.20. The summed E-state index contributed by atoms with van der Waals surface area (Å²) in [6.45, 7) is 7.51. The molecule has 1 aromatic carbocycles. The Labute approximate surface area is 197 Å². The zero-order valence-electron chi connectivity index (χ0n) is 18.3. The van der Waals surface area contributed by atoms with Gasteiger partial charge in [0.1, 0.15) is 0 Å². The van der Waals surface area contributed by atoms with Crippen LogP contribution >= 0.6 is 24.0 Å². The number of rotatable bonds is 7. The third-order valence-corrected chi connectivity index (χ3v) is 5.09. The largest absolute Gasteiger partial charge is 0.378 e. The number of benzene rings is 1. The fraction of sp³-hybridized carbons (Fsp3) is 0.500. The van der Waals surface area contributed by atoms with Gasteiger partial charge < -0.3 is 20.0 Å². The van der Waals surface area contributed by atoms with E-state index in [4.69, 9.17) is 4.99 Å². The van der Waals surface area contributed by atoms with E-state index in [1.54, 1.807) is 12.4 Å². The first-order valence-electron chi connectivity index (χ1n) is 10.5. The van der Waals surface area contributed by atoms with Gasteiger partial charge in [-0.25, -0.2) is 9.97 Å². The average molecular weight is 523 g/mol. The van der Waals surface area contributed by atoms with Crippen molar-refractivity contribution < 1.29 is 0 Å². The van der Waals surface area contributed by atoms with Gasteiger partial charge in [0.05, 0.1) is 0 Å². The number of aromatic nitrogens is 2. The molecule has 164 valence electrons. The molecular formula is C22H34IN7. The molecule has 1 N–H and O–H groups in total. The Morgan fingerprint density at radius 3 is 2.33 bits per heavy atom. The first-order chi connectivity index (χ1) is 14.2. The van der Waals surface area contributed by atoms with Gasteiger partial charge in [0.2, 0.25) is 5.95 Å². The van der Waals surface area contributed by atoms with Crippen molar-refractivity contribution in [1.29, 1.82) is 0 Å². The van der Waals surface area contributed by atoms with Gasteiger partial charge in [0.15, 0.2) is 5.96 Å². The maximum Gasteiger partial charge on any atom is 0.225 e. The summed E-state index contributed by atoms with van der Waals surface area (Å²) in [6, 6.07) is 10.6. The van der Waals surface area contributed by atoms with Crippen LogP contribution in [0, 0.1) is 0 Å². The first kappa shape index (κ1) is 24.2. The van der Waals surface area contributed by atoms with Gasteiger partial charge in [0.25, 0.3) is 0 Å². The number of guanidine groups is 1. The van der Waals surface area contributed by atoms with E-state index in [0.717, 1.165) is 64.0 Å². The lowest BCUT2D eigenvalue weighted by Crippen LogP contribution is -2.53. The molecular weight excluding hydrogens is 489 g/mol. The highest BCUT2D eigenvalue weighted by molar-refractivity contribution is 14.0. The van der Waals surface area contributed by atoms with Crippen LogP contribution in [0.5, 0.6) is 0 Å². The van der Waals surface area contributed by atoms with Gasteiger partial charge in [-0.1, -0.05) is 12.1 Å². The summed E-state index contributed by atoms with van der Waals surface area (Å²) in [5.41, 5.74) is 2.61. The second-order valence-corrected chi connectivity index (χ2v) is 7.42. The maximum absolute atomic E-state index is 4.87. The number of nitrogens with one attached hydrogen (secondary N) is 1. The molecule has 0 spiro atoms. The Balaban J connectivity index is 0.00000320. The molecule has 1 aromatic heterocycles. The van der Waals surface area contributed by atoms with Crippen LogP contribution in [0.2, 0.25) is 0 Å². The molecule has 0 bridgehead atoms. The molecule has 0 radical (unpaired) electrons. The van der Waals surface area contributed by atoms with E-state index in [1.807, 2.05) is 6.07 Å². The number of hydrogen-bond donors (Lipinski definition) is 1. The Morgan fingerprint density at radius 2 is 1.73 bits per heavy atom. The Kier molecular flexibility index (Phi) is 10.1. The van der Waals surface area contributed by atoms with Gasteiger partial charge in [-0.05, 0) is 43.5 Å². The standard InChI is InChI=1S/C22H33N7.HI/c1-4-23-21(24-12-5-7-19-8-10-20(11-9-19)27(2)3)28-15-17-29(18-16-28)22-25-13-6-14-26-22;/h6,8-11,13-14H,4-5,7,12,15-18H2,1-3H3,(H,23,24);1H. The van der Waals surface area contributed by atoms with E-state index < -0.39 is 0 Å². The quantitative estimate of drug-likeness (QED) is 0.261. The van der Waals surface area contributed by atoms with Crippen LogP contribution in [0.25, 0.3) is 0 Å². The molecule has 1 saturated heterocycles. The lowest BCUT2D eigenvalue weighted by Gasteiger charge is -2.36. The van der Waals surface area contributed by atoms with Gasteiger partial charge in [0, 0.05) is 71.4 Å². The summed E-state index contributed by atoms with van der Waals surface area (Å²) >= 11 is 0. The van der Waals surface area contributed by atoms with E-state index in [0.29, 0.717) is 0 Å². The number of piperazine rings is 1. The molecule has 0 aliphatic carbocycles. The molecule has 0 amide bonds. The lowest BCUT2D eigenvalue weighted by atomic mass is 10.1. The predicted molar refractivity (Wildman–Crippen MR) is 136 cm³/mol. The molecule has 1 aliphatic heterocycles. The molecule has 0 saturated carbocycles. The van der Waals surface area contributed by atoms with Crippen LogP contribution in [0.4, 0.5) is 11.6 Å². The van der Waals surface area contributed by atoms with Crippen LogP contribution in [0.1, 0.15) is 18.9 Å². The molecule has 30 heavy (non-hydrogen) atoms. The highest BCUT2D eigenvalue weighted by atomic mass is 127. The average Bonchev–Trinajstić information content (AvgIpc) is 2.77. The normalized spacial score (nSPS) is 14.3. The minimum atomic E-state index is 0. The molecule has 8 heteroatoms. The second kappa shape index (κ2) is 12.6. The third kappa shape index (κ3) is 7.00. The number of hydrogen-bond acceptors (Lipinski definition) is 5. The molecule has 2 heterocycles. The Morgan fingerprint density at radius 1 is 1.07 bits per heavy atom. The smallest absolute Gasteiger partial charge is 0.225 e. The summed E-state index contributed by atoms with van der Waals surface area (Å²) < 4.78 is 0. The fourth-order valence-corrected chi connectivity index (χ4v) is 3.43. The summed E-state index contributed by atoms with van der Waals surface area (Å²) in [7, 11) is 4.14. The van der Waals surface area contributed by atoms with Crippen LogP contribution in [0.3, 0.4) is 0 Å². The summed E-state index contributed by atoms with van der Waals surface area (Å²) in [4.78, 5) is 20.3. The Bertz CT molecular complexity index is 757. The zero-order valence-corrected chi connectivity index (χ0v) is 20.6. The van der Waals surface area contributed by atoms with Crippen molar-refractivity contribution in [2.75, 3.05) is 63.2 Å². The van der Waals surface area contributed by atoms with Crippen molar-refractivity contribution in [1.82, 2.24) is 20.2 Å². The molecule has 1 fully saturated rings. The van der Waals surface area contributed by atoms with E-state index in [-0.39, 0.29) is 24.0 Å². The minimum absolute atomic E-state index is 0. The van der Waals surface area contributed by atoms with Crippen LogP contribution in [-0.4, -0.2) is 74.2 Å². The number of aliphatic imine (C=N–C) groups is 1. The second-order valence-electron chi connectivity index (χ2n) is 7.42. The molecule has 2 aromatic rings. The van der Waals surface area contributed by atoms with Gasteiger partial charge in [-0.2, -0.15) is 0 Å². The van der Waals surface area contributed by atoms with Crippen molar-refractivity contribution in [2.24, 2.45) is 4.99 Å². The number of halogens is 1. The van der Waals surface area contributed by atoms with Crippen LogP contribution in [0.15, 0.2) is 47.7 Å². The topological polar surface area (TPSA) is 59.9 Å². The number of anilines is 2. The molecule has 7 nitrogen and oxygen atoms in total. The van der Waals surface area contributed by atoms with E-state index in [9.17, 15) is 0 Å². The van der Waals surface area contributed by atoms with E-state index in [2.05, 4.69) is 75.3 Å². The van der Waals surface area contributed by atoms with E-state index >= 15 is 0 Å². The fourth-order valence-electron chi connectivity index (χ4n) is 3.43. The minimum Gasteiger partial charge on any atom is -0.378 e. The van der Waals surface area contributed by atoms with Crippen LogP contribution < -0.4 is 15.1 Å². The SMILES string of the molecule is CCNC(=NCCCc1ccc(N(C)C)cc1)N1CCN(c2ncccn2)CC1.I. The number of nitrogens with zero attached hydrogens (tertiary/aromatic N) is 6. The summed E-state index contributed by atoms with van der Waals surface area (Å²) in [5, 5.41) is 3.45. The van der Waals surface area contributed by atoms with E-state index in [1.165, 1.54) is 11.3 Å². The zero-order chi connectivity index (χ0) is 20.5. The van der Waals surface area contributed by atoms with Crippen molar-refractivity contribution >= 4 is 41.6 Å². The van der Waals surface area contributed by atoms with Crippen molar-refractivity contribution in [3.05, 3.63) is 48.3 Å². The predicted octanol–water partition coefficient (Wildman–Crippen LogP) is 2.88. The molecule has 0 atom stereocenters. The van der Waals surface area contributed by atoms with Crippen molar-refractivity contribution in [3.63, 3.8) is 0 Å².